The molecule has 2 aromatic rings. The topological polar surface area (TPSA) is 77.7 Å². The Morgan fingerprint density at radius 1 is 1.37 bits per heavy atom. The summed E-state index contributed by atoms with van der Waals surface area (Å²) in [5.41, 5.74) is 0.550. The molecule has 0 radical (unpaired) electrons. The second-order valence-corrected chi connectivity index (χ2v) is 7.49. The van der Waals surface area contributed by atoms with Crippen molar-refractivity contribution in [3.8, 4) is 11.5 Å². The Labute approximate surface area is 122 Å². The van der Waals surface area contributed by atoms with Crippen molar-refractivity contribution < 1.29 is 8.42 Å². The molecule has 0 spiro atoms. The van der Waals surface area contributed by atoms with Gasteiger partial charge in [-0.05, 0) is 40.9 Å². The number of aromatic nitrogens is 4. The number of rotatable bonds is 3. The number of pyridine rings is 1. The Balaban J connectivity index is 2.24. The summed E-state index contributed by atoms with van der Waals surface area (Å²) < 4.78 is 25.3. The summed E-state index contributed by atoms with van der Waals surface area (Å²) in [5.74, 6) is 0.411. The van der Waals surface area contributed by atoms with E-state index in [1.54, 1.807) is 16.8 Å². The Bertz CT molecular complexity index is 742. The van der Waals surface area contributed by atoms with E-state index in [9.17, 15) is 8.42 Å². The van der Waals surface area contributed by atoms with E-state index in [0.29, 0.717) is 11.5 Å². The van der Waals surface area contributed by atoms with Crippen LogP contribution >= 0.6 is 26.6 Å². The van der Waals surface area contributed by atoms with Crippen molar-refractivity contribution in [1.82, 2.24) is 19.7 Å². The van der Waals surface area contributed by atoms with Gasteiger partial charge in [0.1, 0.15) is 5.69 Å². The summed E-state index contributed by atoms with van der Waals surface area (Å²) in [7, 11) is 1.47. The maximum Gasteiger partial charge on any atom is 0.296 e. The molecule has 3 rings (SSSR count). The average molecular weight is 364 g/mol. The van der Waals surface area contributed by atoms with Gasteiger partial charge in [0.05, 0.1) is 0 Å². The molecule has 1 saturated carbocycles. The minimum absolute atomic E-state index is 0.0717. The third kappa shape index (κ3) is 2.39. The lowest BCUT2D eigenvalue weighted by Crippen LogP contribution is -2.06. The number of halogens is 2. The molecule has 0 aromatic carbocycles. The van der Waals surface area contributed by atoms with E-state index in [0.717, 1.165) is 17.3 Å². The highest BCUT2D eigenvalue weighted by molar-refractivity contribution is 9.10. The van der Waals surface area contributed by atoms with Crippen LogP contribution in [0.2, 0.25) is 0 Å². The van der Waals surface area contributed by atoms with Gasteiger partial charge in [-0.15, -0.1) is 10.2 Å². The van der Waals surface area contributed by atoms with Crippen LogP contribution in [0.5, 0.6) is 0 Å². The molecule has 6 nitrogen and oxygen atoms in total. The average Bonchev–Trinajstić information content (AvgIpc) is 3.07. The summed E-state index contributed by atoms with van der Waals surface area (Å²) in [6.45, 7) is 0. The predicted octanol–water partition coefficient (Wildman–Crippen LogP) is 2.37. The van der Waals surface area contributed by atoms with Crippen molar-refractivity contribution in [3.63, 3.8) is 0 Å². The molecule has 0 aliphatic heterocycles. The fraction of sp³-hybridized carbons (Fsp3) is 0.300. The van der Waals surface area contributed by atoms with Crippen LogP contribution in [0.3, 0.4) is 0 Å². The van der Waals surface area contributed by atoms with Gasteiger partial charge in [-0.25, -0.2) is 8.42 Å². The summed E-state index contributed by atoms with van der Waals surface area (Å²) in [6, 6.07) is 3.65. The van der Waals surface area contributed by atoms with E-state index >= 15 is 0 Å². The largest absolute Gasteiger partial charge is 0.296 e. The van der Waals surface area contributed by atoms with Gasteiger partial charge < -0.3 is 0 Å². The number of hydrogen-bond donors (Lipinski definition) is 0. The second-order valence-electron chi connectivity index (χ2n) is 4.18. The Morgan fingerprint density at radius 3 is 2.68 bits per heavy atom. The van der Waals surface area contributed by atoms with E-state index in [4.69, 9.17) is 10.7 Å². The van der Waals surface area contributed by atoms with Gasteiger partial charge in [-0.1, -0.05) is 0 Å². The first-order chi connectivity index (χ1) is 8.98. The van der Waals surface area contributed by atoms with Gasteiger partial charge in [0, 0.05) is 27.4 Å². The lowest BCUT2D eigenvalue weighted by atomic mass is 10.3. The zero-order valence-electron chi connectivity index (χ0n) is 9.49. The highest BCUT2D eigenvalue weighted by atomic mass is 79.9. The maximum atomic E-state index is 11.5. The minimum atomic E-state index is -3.92. The van der Waals surface area contributed by atoms with Crippen LogP contribution in [0.1, 0.15) is 18.9 Å². The molecule has 1 fully saturated rings. The van der Waals surface area contributed by atoms with Gasteiger partial charge >= 0.3 is 0 Å². The van der Waals surface area contributed by atoms with Gasteiger partial charge in [0.25, 0.3) is 14.2 Å². The highest BCUT2D eigenvalue weighted by Crippen LogP contribution is 2.41. The monoisotopic (exact) mass is 362 g/mol. The molecule has 0 atom stereocenters. The molecule has 1 aliphatic carbocycles. The van der Waals surface area contributed by atoms with Crippen LogP contribution in [-0.2, 0) is 9.05 Å². The van der Waals surface area contributed by atoms with E-state index in [1.807, 2.05) is 6.07 Å². The molecule has 0 amide bonds. The quantitative estimate of drug-likeness (QED) is 0.782. The van der Waals surface area contributed by atoms with Crippen LogP contribution in [0, 0.1) is 0 Å². The van der Waals surface area contributed by atoms with E-state index in [2.05, 4.69) is 31.1 Å². The Kier molecular flexibility index (Phi) is 3.11. The molecule has 19 heavy (non-hydrogen) atoms. The first kappa shape index (κ1) is 13.0. The zero-order chi connectivity index (χ0) is 13.6. The van der Waals surface area contributed by atoms with Crippen LogP contribution in [0.4, 0.5) is 0 Å². The zero-order valence-corrected chi connectivity index (χ0v) is 12.7. The van der Waals surface area contributed by atoms with Crippen molar-refractivity contribution in [2.75, 3.05) is 0 Å². The Hall–Kier alpha value is -0.990. The number of hydrogen-bond acceptors (Lipinski definition) is 5. The fourth-order valence-electron chi connectivity index (χ4n) is 1.82. The predicted molar refractivity (Wildman–Crippen MR) is 72.3 cm³/mol. The van der Waals surface area contributed by atoms with Crippen molar-refractivity contribution in [3.05, 3.63) is 22.8 Å². The van der Waals surface area contributed by atoms with Gasteiger partial charge in [-0.3, -0.25) is 9.55 Å². The standard InChI is InChI=1S/C10H8BrClN4O2S/c11-7-2-1-5-13-8(7)9-14-15-10(19(12,17)18)16(9)6-3-4-6/h1-2,5-6H,3-4H2. The van der Waals surface area contributed by atoms with E-state index in [1.165, 1.54) is 0 Å². The van der Waals surface area contributed by atoms with Crippen molar-refractivity contribution in [1.29, 1.82) is 0 Å². The SMILES string of the molecule is O=S(=O)(Cl)c1nnc(-c2ncccc2Br)n1C1CC1. The molecule has 2 aromatic heterocycles. The van der Waals surface area contributed by atoms with E-state index < -0.39 is 9.05 Å². The van der Waals surface area contributed by atoms with E-state index in [-0.39, 0.29) is 11.2 Å². The molecule has 0 bridgehead atoms. The molecule has 2 heterocycles. The summed E-state index contributed by atoms with van der Waals surface area (Å²) >= 11 is 3.37. The van der Waals surface area contributed by atoms with Crippen LogP contribution in [0.15, 0.2) is 28.0 Å². The molecule has 0 N–H and O–H groups in total. The summed E-state index contributed by atoms with van der Waals surface area (Å²) in [5, 5.41) is 7.41. The minimum Gasteiger partial charge on any atom is -0.292 e. The molecule has 100 valence electrons. The number of nitrogens with zero attached hydrogens (tertiary/aromatic N) is 4. The van der Waals surface area contributed by atoms with Gasteiger partial charge in [0.15, 0.2) is 5.82 Å². The fourth-order valence-corrected chi connectivity index (χ4v) is 3.17. The molecular weight excluding hydrogens is 356 g/mol. The van der Waals surface area contributed by atoms with Gasteiger partial charge in [0.2, 0.25) is 0 Å². The maximum absolute atomic E-state index is 11.5. The van der Waals surface area contributed by atoms with Crippen LogP contribution in [0.25, 0.3) is 11.5 Å². The molecule has 9 heteroatoms. The molecular formula is C10H8BrClN4O2S. The Morgan fingerprint density at radius 2 is 2.11 bits per heavy atom. The van der Waals surface area contributed by atoms with Crippen molar-refractivity contribution in [2.24, 2.45) is 0 Å². The third-order valence-electron chi connectivity index (χ3n) is 2.76. The molecule has 0 unspecified atom stereocenters. The normalized spacial score (nSPS) is 15.7. The first-order valence-electron chi connectivity index (χ1n) is 5.49. The second kappa shape index (κ2) is 4.53. The molecule has 1 aliphatic rings. The highest BCUT2D eigenvalue weighted by Gasteiger charge is 2.34. The lowest BCUT2D eigenvalue weighted by molar-refractivity contribution is 0.579. The first-order valence-corrected chi connectivity index (χ1v) is 8.59. The smallest absolute Gasteiger partial charge is 0.292 e. The van der Waals surface area contributed by atoms with Crippen molar-refractivity contribution >= 4 is 35.7 Å². The summed E-state index contributed by atoms with van der Waals surface area (Å²) in [4.78, 5) is 4.21. The van der Waals surface area contributed by atoms with Crippen LogP contribution in [-0.4, -0.2) is 28.2 Å². The third-order valence-corrected chi connectivity index (χ3v) is 4.53. The van der Waals surface area contributed by atoms with Crippen LogP contribution < -0.4 is 0 Å². The summed E-state index contributed by atoms with van der Waals surface area (Å²) in [6.07, 6.45) is 3.38. The van der Waals surface area contributed by atoms with Crippen molar-refractivity contribution in [2.45, 2.75) is 24.0 Å². The lowest BCUT2D eigenvalue weighted by Gasteiger charge is -2.07. The van der Waals surface area contributed by atoms with Gasteiger partial charge in [-0.2, -0.15) is 0 Å². The molecule has 0 saturated heterocycles.